The van der Waals surface area contributed by atoms with Crippen molar-refractivity contribution in [1.29, 1.82) is 0 Å². The molecule has 0 fully saturated rings. The molecule has 2 atom stereocenters. The largest absolute Gasteiger partial charge is 0.469 e. The van der Waals surface area contributed by atoms with Gasteiger partial charge in [0.1, 0.15) is 0 Å². The number of amides is 1. The zero-order valence-electron chi connectivity index (χ0n) is 15.2. The van der Waals surface area contributed by atoms with E-state index in [1.54, 1.807) is 44.2 Å². The number of halogens is 3. The number of nitrogens with zero attached hydrogens (tertiary/aromatic N) is 1. The molecule has 0 aliphatic heterocycles. The molecule has 0 bridgehead atoms. The molecule has 0 saturated heterocycles. The summed E-state index contributed by atoms with van der Waals surface area (Å²) in [7, 11) is 1.22. The molecule has 0 heterocycles. The first-order chi connectivity index (χ1) is 12.8. The van der Waals surface area contributed by atoms with Crippen LogP contribution in [0.3, 0.4) is 0 Å². The first-order valence-corrected chi connectivity index (χ1v) is 8.35. The smallest absolute Gasteiger partial charge is 0.310 e. The summed E-state index contributed by atoms with van der Waals surface area (Å²) in [6.45, 7) is 3.18. The molecular formula is C20H20F3NO3. The lowest BCUT2D eigenvalue weighted by Gasteiger charge is -2.31. The summed E-state index contributed by atoms with van der Waals surface area (Å²) in [5.74, 6) is -6.74. The highest BCUT2D eigenvalue weighted by Crippen LogP contribution is 2.26. The molecule has 7 heteroatoms. The van der Waals surface area contributed by atoms with Crippen molar-refractivity contribution < 1.29 is 27.5 Å². The summed E-state index contributed by atoms with van der Waals surface area (Å²) in [4.78, 5) is 26.0. The lowest BCUT2D eigenvalue weighted by Crippen LogP contribution is -2.39. The molecule has 2 unspecified atom stereocenters. The maximum absolute atomic E-state index is 14.1. The first-order valence-electron chi connectivity index (χ1n) is 8.35. The van der Waals surface area contributed by atoms with Crippen molar-refractivity contribution in [2.45, 2.75) is 19.9 Å². The number of benzene rings is 2. The molecule has 144 valence electrons. The number of ether oxygens (including phenoxy) is 1. The average Bonchev–Trinajstić information content (AvgIpc) is 2.69. The molecule has 4 nitrogen and oxygen atoms in total. The maximum Gasteiger partial charge on any atom is 0.310 e. The van der Waals surface area contributed by atoms with Gasteiger partial charge in [-0.1, -0.05) is 37.3 Å². The van der Waals surface area contributed by atoms with Gasteiger partial charge in [0, 0.05) is 6.54 Å². The van der Waals surface area contributed by atoms with Gasteiger partial charge in [-0.15, -0.1) is 0 Å². The number of hydrogen-bond donors (Lipinski definition) is 0. The molecule has 0 N–H and O–H groups in total. The lowest BCUT2D eigenvalue weighted by molar-refractivity contribution is -0.145. The van der Waals surface area contributed by atoms with E-state index in [-0.39, 0.29) is 6.54 Å². The molecule has 0 aliphatic carbocycles. The standard InChI is InChI=1S/C20H20F3NO3/c1-12(20(26)27-3)11-24(13(2)14-7-5-4-6-8-14)19(25)15-9-10-16(21)18(23)17(15)22/h4-10,12-13H,11H2,1-3H3. The van der Waals surface area contributed by atoms with Crippen LogP contribution in [0.15, 0.2) is 42.5 Å². The van der Waals surface area contributed by atoms with Gasteiger partial charge in [-0.2, -0.15) is 0 Å². The first kappa shape index (κ1) is 20.5. The van der Waals surface area contributed by atoms with Gasteiger partial charge < -0.3 is 9.64 Å². The highest BCUT2D eigenvalue weighted by molar-refractivity contribution is 5.95. The highest BCUT2D eigenvalue weighted by atomic mass is 19.2. The van der Waals surface area contributed by atoms with Crippen molar-refractivity contribution in [3.8, 4) is 0 Å². The number of carbonyl (C=O) groups is 2. The van der Waals surface area contributed by atoms with Gasteiger partial charge >= 0.3 is 5.97 Å². The molecular weight excluding hydrogens is 359 g/mol. The second-order valence-corrected chi connectivity index (χ2v) is 6.19. The second kappa shape index (κ2) is 8.70. The summed E-state index contributed by atoms with van der Waals surface area (Å²) in [5, 5.41) is 0. The van der Waals surface area contributed by atoms with E-state index in [2.05, 4.69) is 4.74 Å². The Balaban J connectivity index is 2.43. The van der Waals surface area contributed by atoms with Crippen LogP contribution in [0.2, 0.25) is 0 Å². The van der Waals surface area contributed by atoms with Crippen molar-refractivity contribution in [3.63, 3.8) is 0 Å². The third kappa shape index (κ3) is 4.48. The summed E-state index contributed by atoms with van der Waals surface area (Å²) < 4.78 is 45.6. The minimum Gasteiger partial charge on any atom is -0.469 e. The van der Waals surface area contributed by atoms with Crippen LogP contribution >= 0.6 is 0 Å². The molecule has 0 aliphatic rings. The van der Waals surface area contributed by atoms with E-state index in [1.165, 1.54) is 12.0 Å². The van der Waals surface area contributed by atoms with Gasteiger partial charge in [0.15, 0.2) is 17.5 Å². The van der Waals surface area contributed by atoms with Crippen molar-refractivity contribution >= 4 is 11.9 Å². The van der Waals surface area contributed by atoms with Crippen molar-refractivity contribution in [2.24, 2.45) is 5.92 Å². The quantitative estimate of drug-likeness (QED) is 0.560. The molecule has 27 heavy (non-hydrogen) atoms. The van der Waals surface area contributed by atoms with Crippen LogP contribution in [0, 0.1) is 23.4 Å². The van der Waals surface area contributed by atoms with Crippen molar-refractivity contribution in [1.82, 2.24) is 4.90 Å². The van der Waals surface area contributed by atoms with Gasteiger partial charge in [-0.05, 0) is 24.6 Å². The molecule has 2 aromatic rings. The molecule has 0 radical (unpaired) electrons. The topological polar surface area (TPSA) is 46.6 Å². The Morgan fingerprint density at radius 2 is 1.63 bits per heavy atom. The molecule has 2 aromatic carbocycles. The summed E-state index contributed by atoms with van der Waals surface area (Å²) in [6, 6.07) is 9.94. The monoisotopic (exact) mass is 379 g/mol. The molecule has 2 rings (SSSR count). The number of rotatable bonds is 6. The SMILES string of the molecule is COC(=O)C(C)CN(C(=O)c1ccc(F)c(F)c1F)C(C)c1ccccc1. The van der Waals surface area contributed by atoms with Crippen LogP contribution in [-0.4, -0.2) is 30.4 Å². The summed E-state index contributed by atoms with van der Waals surface area (Å²) in [5.41, 5.74) is 0.139. The summed E-state index contributed by atoms with van der Waals surface area (Å²) in [6.07, 6.45) is 0. The van der Waals surface area contributed by atoms with Gasteiger partial charge in [-0.3, -0.25) is 9.59 Å². The Kier molecular flexibility index (Phi) is 6.60. The lowest BCUT2D eigenvalue weighted by atomic mass is 10.0. The van der Waals surface area contributed by atoms with E-state index in [9.17, 15) is 22.8 Å². The normalized spacial score (nSPS) is 13.0. The minimum atomic E-state index is -1.71. The number of esters is 1. The molecule has 1 amide bonds. The van der Waals surface area contributed by atoms with Crippen LogP contribution in [0.25, 0.3) is 0 Å². The van der Waals surface area contributed by atoms with Gasteiger partial charge in [-0.25, -0.2) is 13.2 Å². The van der Waals surface area contributed by atoms with E-state index in [4.69, 9.17) is 0 Å². The Labute approximate surface area is 155 Å². The van der Waals surface area contributed by atoms with Crippen LogP contribution in [-0.2, 0) is 9.53 Å². The van der Waals surface area contributed by atoms with Crippen LogP contribution < -0.4 is 0 Å². The third-order valence-corrected chi connectivity index (χ3v) is 4.35. The zero-order valence-corrected chi connectivity index (χ0v) is 15.2. The number of carbonyl (C=O) groups excluding carboxylic acids is 2. The average molecular weight is 379 g/mol. The second-order valence-electron chi connectivity index (χ2n) is 6.19. The maximum atomic E-state index is 14.1. The van der Waals surface area contributed by atoms with Crippen molar-refractivity contribution in [3.05, 3.63) is 71.0 Å². The van der Waals surface area contributed by atoms with Gasteiger partial charge in [0.25, 0.3) is 5.91 Å². The van der Waals surface area contributed by atoms with E-state index in [0.717, 1.165) is 11.6 Å². The Morgan fingerprint density at radius 1 is 1.00 bits per heavy atom. The Hall–Kier alpha value is -2.83. The minimum absolute atomic E-state index is 0.0833. The number of methoxy groups -OCH3 is 1. The predicted molar refractivity (Wildman–Crippen MR) is 93.4 cm³/mol. The van der Waals surface area contributed by atoms with Crippen LogP contribution in [0.4, 0.5) is 13.2 Å². The van der Waals surface area contributed by atoms with E-state index < -0.39 is 46.9 Å². The molecule has 0 saturated carbocycles. The van der Waals surface area contributed by atoms with Crippen molar-refractivity contribution in [2.75, 3.05) is 13.7 Å². The van der Waals surface area contributed by atoms with Gasteiger partial charge in [0.2, 0.25) is 0 Å². The van der Waals surface area contributed by atoms with E-state index in [1.807, 2.05) is 0 Å². The highest BCUT2D eigenvalue weighted by Gasteiger charge is 2.30. The van der Waals surface area contributed by atoms with E-state index in [0.29, 0.717) is 6.07 Å². The molecule has 0 aromatic heterocycles. The summed E-state index contributed by atoms with van der Waals surface area (Å²) >= 11 is 0. The number of hydrogen-bond acceptors (Lipinski definition) is 3. The Morgan fingerprint density at radius 3 is 2.22 bits per heavy atom. The van der Waals surface area contributed by atoms with Gasteiger partial charge in [0.05, 0.1) is 24.6 Å². The fraction of sp³-hybridized carbons (Fsp3) is 0.300. The van der Waals surface area contributed by atoms with E-state index >= 15 is 0 Å². The van der Waals surface area contributed by atoms with Crippen LogP contribution in [0.1, 0.15) is 35.8 Å². The fourth-order valence-corrected chi connectivity index (χ4v) is 2.74. The zero-order chi connectivity index (χ0) is 20.1. The third-order valence-electron chi connectivity index (χ3n) is 4.35. The molecule has 0 spiro atoms. The predicted octanol–water partition coefficient (Wildman–Crippen LogP) is 4.12. The van der Waals surface area contributed by atoms with Crippen LogP contribution in [0.5, 0.6) is 0 Å². The fourth-order valence-electron chi connectivity index (χ4n) is 2.74. The Bertz CT molecular complexity index is 827.